The number of benzene rings is 4. The predicted molar refractivity (Wildman–Crippen MR) is 320 cm³/mol. The van der Waals surface area contributed by atoms with Crippen molar-refractivity contribution in [3.63, 3.8) is 0 Å². The minimum atomic E-state index is -0.735. The Kier molecular flexibility index (Phi) is 23.3. The third-order valence-corrected chi connectivity index (χ3v) is 13.5. The van der Waals surface area contributed by atoms with Crippen LogP contribution < -0.4 is 63.1 Å². The second-order valence-electron chi connectivity index (χ2n) is 20.1. The SMILES string of the molecule is CCCOc1c2cccc1Cc1cc(Nc3nc(N)nc(N[C@@H](CCCCN)C(=O)OC)n3)cc(c1OCCC)Cc1cccc(c1OCCC)Cc1cc(Nc3nc(N)nc(N[C@@H](CCCCN)C(=O)OC)n3)cc(c1OCCC)C2. The van der Waals surface area contributed by atoms with Crippen molar-refractivity contribution in [2.45, 2.75) is 130 Å². The molecule has 22 nitrogen and oxygen atoms in total. The Morgan fingerprint density at radius 1 is 0.463 bits per heavy atom. The fraction of sp³-hybridized carbons (Fsp3) is 0.467. The second kappa shape index (κ2) is 31.1. The van der Waals surface area contributed by atoms with Gasteiger partial charge in [-0.2, -0.15) is 29.9 Å². The highest BCUT2D eigenvalue weighted by Crippen LogP contribution is 2.42. The minimum Gasteiger partial charge on any atom is -0.493 e. The van der Waals surface area contributed by atoms with E-state index in [2.05, 4.69) is 105 Å². The number of rotatable bonds is 30. The van der Waals surface area contributed by atoms with E-state index in [4.69, 9.17) is 61.3 Å². The highest BCUT2D eigenvalue weighted by molar-refractivity contribution is 5.79. The number of methoxy groups -OCH3 is 2. The Hall–Kier alpha value is -8.24. The molecule has 82 heavy (non-hydrogen) atoms. The zero-order valence-corrected chi connectivity index (χ0v) is 48.3. The number of carbonyl (C=O) groups is 2. The summed E-state index contributed by atoms with van der Waals surface area (Å²) in [6.07, 6.45) is 8.51. The quantitative estimate of drug-likeness (QED) is 0.0154. The molecule has 22 heteroatoms. The van der Waals surface area contributed by atoms with Gasteiger partial charge in [-0.1, -0.05) is 64.1 Å². The molecule has 4 aromatic carbocycles. The molecular formula is C60H82N14O8. The average molecular weight is 1130 g/mol. The third kappa shape index (κ3) is 16.9. The lowest BCUT2D eigenvalue weighted by Gasteiger charge is -2.24. The fourth-order valence-corrected chi connectivity index (χ4v) is 9.75. The Balaban J connectivity index is 1.39. The van der Waals surface area contributed by atoms with Crippen molar-refractivity contribution in [1.29, 1.82) is 0 Å². The van der Waals surface area contributed by atoms with Crippen LogP contribution in [0.1, 0.15) is 136 Å². The average Bonchev–Trinajstić information content (AvgIpc) is 3.54. The lowest BCUT2D eigenvalue weighted by atomic mass is 9.90. The van der Waals surface area contributed by atoms with Gasteiger partial charge in [0.15, 0.2) is 0 Å². The topological polar surface area (TPSA) is 319 Å². The summed E-state index contributed by atoms with van der Waals surface area (Å²) in [7, 11) is 2.68. The Bertz CT molecular complexity index is 2780. The van der Waals surface area contributed by atoms with E-state index in [1.807, 2.05) is 24.3 Å². The molecule has 2 atom stereocenters. The second-order valence-corrected chi connectivity index (χ2v) is 20.1. The van der Waals surface area contributed by atoms with Gasteiger partial charge in [0.1, 0.15) is 35.1 Å². The molecule has 0 unspecified atom stereocenters. The maximum atomic E-state index is 12.9. The maximum absolute atomic E-state index is 12.9. The first-order chi connectivity index (χ1) is 39.9. The summed E-state index contributed by atoms with van der Waals surface area (Å²) >= 11 is 0. The zero-order chi connectivity index (χ0) is 58.4. The van der Waals surface area contributed by atoms with Gasteiger partial charge in [-0.25, -0.2) is 9.59 Å². The normalized spacial score (nSPS) is 12.6. The van der Waals surface area contributed by atoms with Gasteiger partial charge in [-0.15, -0.1) is 0 Å². The Morgan fingerprint density at radius 2 is 0.768 bits per heavy atom. The molecule has 6 aromatic rings. The van der Waals surface area contributed by atoms with Crippen molar-refractivity contribution in [3.8, 4) is 23.0 Å². The molecule has 8 bridgehead atoms. The summed E-state index contributed by atoms with van der Waals surface area (Å²) in [4.78, 5) is 52.8. The number of unbranched alkanes of at least 4 members (excludes halogenated alkanes) is 2. The molecule has 440 valence electrons. The molecule has 0 radical (unpaired) electrons. The van der Waals surface area contributed by atoms with Crippen LogP contribution in [0.25, 0.3) is 0 Å². The number of anilines is 8. The van der Waals surface area contributed by atoms with Crippen LogP contribution in [0, 0.1) is 0 Å². The van der Waals surface area contributed by atoms with Crippen molar-refractivity contribution in [2.75, 3.05) is 86.5 Å². The zero-order valence-electron chi connectivity index (χ0n) is 48.3. The summed E-state index contributed by atoms with van der Waals surface area (Å²) < 4.78 is 37.5. The molecule has 12 N–H and O–H groups in total. The van der Waals surface area contributed by atoms with E-state index in [0.29, 0.717) is 102 Å². The van der Waals surface area contributed by atoms with Gasteiger partial charge >= 0.3 is 11.9 Å². The molecule has 2 aromatic heterocycles. The van der Waals surface area contributed by atoms with Crippen LogP contribution in [-0.4, -0.2) is 108 Å². The van der Waals surface area contributed by atoms with Crippen molar-refractivity contribution >= 4 is 59.0 Å². The molecule has 0 amide bonds. The number of hydrogen-bond acceptors (Lipinski definition) is 22. The molecule has 7 rings (SSSR count). The van der Waals surface area contributed by atoms with Crippen LogP contribution in [0.15, 0.2) is 60.7 Å². The molecule has 0 spiro atoms. The standard InChI is InChI=1S/C60H82N14O8/c1-7-25-79-49-37-17-15-18-38(49)30-42-34-46(66-58-70-56(64)72-60(74-58)68-48(54(76)78-6)22-12-14-24-62)36-44(52(42)82-28-10-4)32-40-20-16-19-39(50(40)80-26-8-2)31-43-35-45(33-41(29-37)51(43)81-27-9-3)65-57-69-55(63)71-59(73-57)67-47(53(75)77-5)21-11-13-23-61/h15-20,33-36,47-48H,7-14,21-32,61-62H2,1-6H3,(H4,63,65,67,69,71,73)(H4,64,66,68,70,72,74)/t47-,48-/m0/s1. The highest BCUT2D eigenvalue weighted by Gasteiger charge is 2.26. The monoisotopic (exact) mass is 1130 g/mol. The number of nitrogens with two attached hydrogens (primary N) is 4. The molecule has 0 saturated carbocycles. The Labute approximate surface area is 481 Å². The Morgan fingerprint density at radius 3 is 1.06 bits per heavy atom. The van der Waals surface area contributed by atoms with E-state index >= 15 is 0 Å². The number of para-hydroxylation sites is 2. The van der Waals surface area contributed by atoms with Gasteiger partial charge in [-0.05, 0) is 124 Å². The van der Waals surface area contributed by atoms with Crippen molar-refractivity contribution in [1.82, 2.24) is 29.9 Å². The van der Waals surface area contributed by atoms with E-state index in [9.17, 15) is 9.59 Å². The number of nitrogen functional groups attached to an aromatic ring is 2. The summed E-state index contributed by atoms with van der Waals surface area (Å²) in [5.74, 6) is 2.53. The van der Waals surface area contributed by atoms with Gasteiger partial charge in [0.2, 0.25) is 35.7 Å². The summed E-state index contributed by atoms with van der Waals surface area (Å²) in [6, 6.07) is 19.2. The van der Waals surface area contributed by atoms with Crippen LogP contribution in [0.5, 0.6) is 23.0 Å². The van der Waals surface area contributed by atoms with Gasteiger partial charge in [0, 0.05) is 59.3 Å². The first-order valence-corrected chi connectivity index (χ1v) is 28.6. The molecule has 1 aliphatic rings. The number of fused-ring (bicyclic) bond motifs is 8. The number of esters is 2. The lowest BCUT2D eigenvalue weighted by molar-refractivity contribution is -0.142. The highest BCUT2D eigenvalue weighted by atomic mass is 16.5. The van der Waals surface area contributed by atoms with Crippen LogP contribution in [0.4, 0.5) is 47.1 Å². The summed E-state index contributed by atoms with van der Waals surface area (Å²) in [5, 5.41) is 13.1. The van der Waals surface area contributed by atoms with Gasteiger partial charge < -0.3 is 72.6 Å². The molecule has 0 saturated heterocycles. The lowest BCUT2D eigenvalue weighted by Crippen LogP contribution is -2.32. The minimum absolute atomic E-state index is 0.0484. The molecule has 0 fully saturated rings. The molecular weight excluding hydrogens is 1040 g/mol. The predicted octanol–water partition coefficient (Wildman–Crippen LogP) is 8.71. The van der Waals surface area contributed by atoms with Gasteiger partial charge in [-0.3, -0.25) is 0 Å². The number of carbonyl (C=O) groups excluding carboxylic acids is 2. The van der Waals surface area contributed by atoms with Crippen LogP contribution >= 0.6 is 0 Å². The van der Waals surface area contributed by atoms with Crippen LogP contribution in [0.2, 0.25) is 0 Å². The molecule has 1 aliphatic carbocycles. The van der Waals surface area contributed by atoms with Gasteiger partial charge in [0.25, 0.3) is 0 Å². The number of hydrogen-bond donors (Lipinski definition) is 8. The third-order valence-electron chi connectivity index (χ3n) is 13.5. The first kappa shape index (κ1) is 61.4. The number of nitrogens with zero attached hydrogens (tertiary/aromatic N) is 6. The molecule has 2 heterocycles. The van der Waals surface area contributed by atoms with E-state index in [0.717, 1.165) is 106 Å². The first-order valence-electron chi connectivity index (χ1n) is 28.6. The van der Waals surface area contributed by atoms with Crippen LogP contribution in [-0.2, 0) is 44.7 Å². The fourth-order valence-electron chi connectivity index (χ4n) is 9.75. The van der Waals surface area contributed by atoms with E-state index < -0.39 is 24.0 Å². The van der Waals surface area contributed by atoms with Crippen molar-refractivity contribution in [3.05, 3.63) is 105 Å². The van der Waals surface area contributed by atoms with E-state index in [-0.39, 0.29) is 35.7 Å². The number of nitrogens with one attached hydrogen (secondary N) is 4. The van der Waals surface area contributed by atoms with Crippen molar-refractivity contribution < 1.29 is 38.0 Å². The maximum Gasteiger partial charge on any atom is 0.328 e. The van der Waals surface area contributed by atoms with Crippen LogP contribution in [0.3, 0.4) is 0 Å². The number of ether oxygens (including phenoxy) is 6. The van der Waals surface area contributed by atoms with Crippen molar-refractivity contribution in [2.24, 2.45) is 11.5 Å². The number of aromatic nitrogens is 6. The van der Waals surface area contributed by atoms with E-state index in [1.165, 1.54) is 14.2 Å². The smallest absolute Gasteiger partial charge is 0.328 e. The van der Waals surface area contributed by atoms with E-state index in [1.54, 1.807) is 0 Å². The largest absolute Gasteiger partial charge is 0.493 e. The summed E-state index contributed by atoms with van der Waals surface area (Å²) in [6.45, 7) is 11.2. The van der Waals surface area contributed by atoms with Gasteiger partial charge in [0.05, 0.1) is 40.6 Å². The molecule has 0 aliphatic heterocycles. The summed E-state index contributed by atoms with van der Waals surface area (Å²) in [5.41, 5.74) is 32.8.